The smallest absolute Gasteiger partial charge is 0.160 e. The molecular formula is C16H19N5O. The van der Waals surface area contributed by atoms with Crippen LogP contribution in [0.15, 0.2) is 24.3 Å². The van der Waals surface area contributed by atoms with Gasteiger partial charge >= 0.3 is 0 Å². The molecule has 0 saturated heterocycles. The highest BCUT2D eigenvalue weighted by Gasteiger charge is 2.15. The van der Waals surface area contributed by atoms with Crippen molar-refractivity contribution in [2.24, 2.45) is 7.05 Å². The molecule has 0 aliphatic heterocycles. The molecule has 0 saturated carbocycles. The van der Waals surface area contributed by atoms with E-state index in [0.717, 1.165) is 46.2 Å². The third-order valence-corrected chi connectivity index (χ3v) is 3.57. The van der Waals surface area contributed by atoms with Gasteiger partial charge in [0, 0.05) is 13.5 Å². The SMILES string of the molecule is CCc1nc(Nc2ccccc2OC)c2c(n1)c(C)nn2C. The first-order chi connectivity index (χ1) is 10.6. The predicted octanol–water partition coefficient (Wildman–Crippen LogP) is 2.99. The highest BCUT2D eigenvalue weighted by molar-refractivity contribution is 5.89. The topological polar surface area (TPSA) is 64.9 Å². The minimum atomic E-state index is 0.745. The molecule has 3 aromatic rings. The second-order valence-electron chi connectivity index (χ2n) is 5.07. The highest BCUT2D eigenvalue weighted by atomic mass is 16.5. The van der Waals surface area contributed by atoms with Gasteiger partial charge in [-0.25, -0.2) is 9.97 Å². The second kappa shape index (κ2) is 5.63. The number of hydrogen-bond acceptors (Lipinski definition) is 5. The van der Waals surface area contributed by atoms with Crippen molar-refractivity contribution < 1.29 is 4.74 Å². The molecule has 1 N–H and O–H groups in total. The van der Waals surface area contributed by atoms with Gasteiger partial charge in [0.05, 0.1) is 18.5 Å². The summed E-state index contributed by atoms with van der Waals surface area (Å²) in [5.74, 6) is 2.31. The minimum absolute atomic E-state index is 0.745. The van der Waals surface area contributed by atoms with Gasteiger partial charge < -0.3 is 10.1 Å². The molecule has 2 heterocycles. The zero-order valence-electron chi connectivity index (χ0n) is 13.2. The van der Waals surface area contributed by atoms with Gasteiger partial charge in [-0.1, -0.05) is 19.1 Å². The van der Waals surface area contributed by atoms with Crippen LogP contribution in [-0.2, 0) is 13.5 Å². The molecule has 0 radical (unpaired) electrons. The summed E-state index contributed by atoms with van der Waals surface area (Å²) in [6.07, 6.45) is 0.769. The standard InChI is InChI=1S/C16H19N5O/c1-5-13-18-14-10(2)20-21(3)15(14)16(19-13)17-11-8-6-7-9-12(11)22-4/h6-9H,5H2,1-4H3,(H,17,18,19). The summed E-state index contributed by atoms with van der Waals surface area (Å²) in [6.45, 7) is 4.00. The van der Waals surface area contributed by atoms with Crippen LogP contribution in [0.1, 0.15) is 18.4 Å². The van der Waals surface area contributed by atoms with Gasteiger partial charge in [0.1, 0.15) is 22.6 Å². The maximum Gasteiger partial charge on any atom is 0.160 e. The van der Waals surface area contributed by atoms with Crippen LogP contribution in [0, 0.1) is 6.92 Å². The average molecular weight is 297 g/mol. The van der Waals surface area contributed by atoms with Gasteiger partial charge in [0.25, 0.3) is 0 Å². The summed E-state index contributed by atoms with van der Waals surface area (Å²) < 4.78 is 7.20. The molecule has 0 aliphatic rings. The molecule has 0 atom stereocenters. The van der Waals surface area contributed by atoms with E-state index in [4.69, 9.17) is 4.74 Å². The number of methoxy groups -OCH3 is 1. The number of anilines is 2. The van der Waals surface area contributed by atoms with Gasteiger partial charge in [0.15, 0.2) is 5.82 Å². The Kier molecular flexibility index (Phi) is 3.66. The lowest BCUT2D eigenvalue weighted by molar-refractivity contribution is 0.417. The summed E-state index contributed by atoms with van der Waals surface area (Å²) in [6, 6.07) is 7.77. The number of aromatic nitrogens is 4. The van der Waals surface area contributed by atoms with Crippen molar-refractivity contribution in [3.63, 3.8) is 0 Å². The lowest BCUT2D eigenvalue weighted by Crippen LogP contribution is -2.04. The summed E-state index contributed by atoms with van der Waals surface area (Å²) >= 11 is 0. The first kappa shape index (κ1) is 14.3. The first-order valence-electron chi connectivity index (χ1n) is 7.24. The second-order valence-corrected chi connectivity index (χ2v) is 5.07. The monoisotopic (exact) mass is 297 g/mol. The number of fused-ring (bicyclic) bond motifs is 1. The van der Waals surface area contributed by atoms with E-state index in [0.29, 0.717) is 0 Å². The number of hydrogen-bond donors (Lipinski definition) is 1. The largest absolute Gasteiger partial charge is 0.495 e. The van der Waals surface area contributed by atoms with Gasteiger partial charge in [-0.05, 0) is 19.1 Å². The van der Waals surface area contributed by atoms with Crippen molar-refractivity contribution >= 4 is 22.5 Å². The Balaban J connectivity index is 2.17. The zero-order valence-corrected chi connectivity index (χ0v) is 13.2. The van der Waals surface area contributed by atoms with Crippen molar-refractivity contribution in [3.05, 3.63) is 35.8 Å². The van der Waals surface area contributed by atoms with Crippen molar-refractivity contribution in [2.75, 3.05) is 12.4 Å². The van der Waals surface area contributed by atoms with Gasteiger partial charge in [-0.3, -0.25) is 4.68 Å². The molecule has 22 heavy (non-hydrogen) atoms. The molecule has 114 valence electrons. The summed E-state index contributed by atoms with van der Waals surface area (Å²) in [5.41, 5.74) is 3.54. The Morgan fingerprint density at radius 2 is 2.00 bits per heavy atom. The van der Waals surface area contributed by atoms with Crippen LogP contribution in [0.2, 0.25) is 0 Å². The number of benzene rings is 1. The maximum atomic E-state index is 5.39. The van der Waals surface area contributed by atoms with Crippen LogP contribution in [-0.4, -0.2) is 26.9 Å². The number of nitrogens with one attached hydrogen (secondary N) is 1. The normalized spacial score (nSPS) is 10.9. The fourth-order valence-corrected chi connectivity index (χ4v) is 2.50. The number of para-hydroxylation sites is 2. The molecule has 0 fully saturated rings. The number of nitrogens with zero attached hydrogens (tertiary/aromatic N) is 4. The molecule has 0 spiro atoms. The molecule has 0 aliphatic carbocycles. The molecule has 2 aromatic heterocycles. The number of rotatable bonds is 4. The molecule has 0 amide bonds. The summed E-state index contributed by atoms with van der Waals surface area (Å²) in [5, 5.41) is 7.81. The molecule has 0 bridgehead atoms. The van der Waals surface area contributed by atoms with Crippen LogP contribution < -0.4 is 10.1 Å². The van der Waals surface area contributed by atoms with Crippen LogP contribution in [0.3, 0.4) is 0 Å². The molecule has 3 rings (SSSR count). The van der Waals surface area contributed by atoms with Crippen LogP contribution in [0.5, 0.6) is 5.75 Å². The highest BCUT2D eigenvalue weighted by Crippen LogP contribution is 2.30. The summed E-state index contributed by atoms with van der Waals surface area (Å²) in [7, 11) is 3.56. The molecule has 1 aromatic carbocycles. The fourth-order valence-electron chi connectivity index (χ4n) is 2.50. The third kappa shape index (κ3) is 2.36. The van der Waals surface area contributed by atoms with Gasteiger partial charge in [0.2, 0.25) is 0 Å². The van der Waals surface area contributed by atoms with Gasteiger partial charge in [-0.2, -0.15) is 5.10 Å². The predicted molar refractivity (Wildman–Crippen MR) is 86.7 cm³/mol. The van der Waals surface area contributed by atoms with E-state index in [1.54, 1.807) is 7.11 Å². The maximum absolute atomic E-state index is 5.39. The van der Waals surface area contributed by atoms with Crippen molar-refractivity contribution in [1.82, 2.24) is 19.7 Å². The van der Waals surface area contributed by atoms with Crippen LogP contribution in [0.25, 0.3) is 11.0 Å². The molecule has 6 heteroatoms. The molecule has 0 unspecified atom stereocenters. The van der Waals surface area contributed by atoms with E-state index < -0.39 is 0 Å². The minimum Gasteiger partial charge on any atom is -0.495 e. The lowest BCUT2D eigenvalue weighted by atomic mass is 10.2. The van der Waals surface area contributed by atoms with E-state index in [1.165, 1.54) is 0 Å². The van der Waals surface area contributed by atoms with E-state index in [-0.39, 0.29) is 0 Å². The Hall–Kier alpha value is -2.63. The van der Waals surface area contributed by atoms with E-state index in [9.17, 15) is 0 Å². The Morgan fingerprint density at radius 3 is 2.73 bits per heavy atom. The number of aryl methyl sites for hydroxylation is 3. The van der Waals surface area contributed by atoms with Crippen LogP contribution >= 0.6 is 0 Å². The summed E-state index contributed by atoms with van der Waals surface area (Å²) in [4.78, 5) is 9.22. The number of ether oxygens (including phenoxy) is 1. The van der Waals surface area contributed by atoms with Gasteiger partial charge in [-0.15, -0.1) is 0 Å². The van der Waals surface area contributed by atoms with Crippen molar-refractivity contribution in [3.8, 4) is 5.75 Å². The van der Waals surface area contributed by atoms with Crippen molar-refractivity contribution in [1.29, 1.82) is 0 Å². The van der Waals surface area contributed by atoms with Crippen LogP contribution in [0.4, 0.5) is 11.5 Å². The van der Waals surface area contributed by atoms with E-state index >= 15 is 0 Å². The average Bonchev–Trinajstić information content (AvgIpc) is 2.82. The van der Waals surface area contributed by atoms with E-state index in [1.807, 2.05) is 49.8 Å². The Bertz CT molecular complexity index is 825. The Labute approximate surface area is 129 Å². The fraction of sp³-hybridized carbons (Fsp3) is 0.312. The first-order valence-corrected chi connectivity index (χ1v) is 7.24. The third-order valence-electron chi connectivity index (χ3n) is 3.57. The lowest BCUT2D eigenvalue weighted by Gasteiger charge is -2.12. The van der Waals surface area contributed by atoms with E-state index in [2.05, 4.69) is 20.4 Å². The quantitative estimate of drug-likeness (QED) is 0.802. The molecular weight excluding hydrogens is 278 g/mol. The van der Waals surface area contributed by atoms with Crippen molar-refractivity contribution in [2.45, 2.75) is 20.3 Å². The Morgan fingerprint density at radius 1 is 1.23 bits per heavy atom. The molecule has 6 nitrogen and oxygen atoms in total. The zero-order chi connectivity index (χ0) is 15.7.